The number of para-hydroxylation sites is 1. The van der Waals surface area contributed by atoms with Crippen molar-refractivity contribution < 1.29 is 0 Å². The van der Waals surface area contributed by atoms with Gasteiger partial charge in [0.15, 0.2) is 0 Å². The van der Waals surface area contributed by atoms with Crippen molar-refractivity contribution in [3.8, 4) is 0 Å². The fraction of sp³-hybridized carbons (Fsp3) is 0.500. The molecule has 0 unspecified atom stereocenters. The van der Waals surface area contributed by atoms with E-state index in [1.165, 1.54) is 22.9 Å². The first-order valence-corrected chi connectivity index (χ1v) is 6.83. The van der Waals surface area contributed by atoms with E-state index in [1.54, 1.807) is 0 Å². The molecule has 98 valence electrons. The number of benzene rings is 1. The van der Waals surface area contributed by atoms with E-state index in [4.69, 9.17) is 0 Å². The minimum Gasteiger partial charge on any atom is -0.347 e. The van der Waals surface area contributed by atoms with Crippen LogP contribution in [-0.4, -0.2) is 10.1 Å². The molecule has 0 fully saturated rings. The first-order valence-electron chi connectivity index (χ1n) is 6.83. The number of hydrogen-bond acceptors (Lipinski definition) is 1. The number of aromatic nitrogens is 1. The summed E-state index contributed by atoms with van der Waals surface area (Å²) in [5.74, 6) is 0. The number of nitrogens with one attached hydrogen (secondary N) is 1. The summed E-state index contributed by atoms with van der Waals surface area (Å²) in [6, 6.07) is 8.68. The molecule has 0 radical (unpaired) electrons. The Bertz CT molecular complexity index is 517. The zero-order chi connectivity index (χ0) is 13.2. The summed E-state index contributed by atoms with van der Waals surface area (Å²) in [6.45, 7) is 10.9. The Morgan fingerprint density at radius 2 is 1.89 bits per heavy atom. The lowest BCUT2D eigenvalue weighted by atomic mass is 10.1. The van der Waals surface area contributed by atoms with E-state index < -0.39 is 0 Å². The van der Waals surface area contributed by atoms with Crippen LogP contribution in [0.25, 0.3) is 10.9 Å². The third-order valence-corrected chi connectivity index (χ3v) is 3.14. The van der Waals surface area contributed by atoms with Gasteiger partial charge in [-0.3, -0.25) is 0 Å². The summed E-state index contributed by atoms with van der Waals surface area (Å²) in [5, 5.41) is 4.95. The molecular formula is C16H24N2. The van der Waals surface area contributed by atoms with Gasteiger partial charge in [-0.15, -0.1) is 0 Å². The predicted molar refractivity (Wildman–Crippen MR) is 78.8 cm³/mol. The van der Waals surface area contributed by atoms with Crippen LogP contribution in [0, 0.1) is 0 Å². The van der Waals surface area contributed by atoms with Crippen LogP contribution in [0.4, 0.5) is 0 Å². The summed E-state index contributed by atoms with van der Waals surface area (Å²) in [5.41, 5.74) is 2.91. The van der Waals surface area contributed by atoms with Crippen molar-refractivity contribution in [2.24, 2.45) is 0 Å². The molecule has 1 aromatic carbocycles. The number of nitrogens with zero attached hydrogens (tertiary/aromatic N) is 1. The monoisotopic (exact) mass is 244 g/mol. The van der Waals surface area contributed by atoms with Crippen molar-refractivity contribution >= 4 is 10.9 Å². The summed E-state index contributed by atoms with van der Waals surface area (Å²) in [4.78, 5) is 0. The Kier molecular flexibility index (Phi) is 3.76. The van der Waals surface area contributed by atoms with Crippen molar-refractivity contribution in [1.29, 1.82) is 0 Å². The van der Waals surface area contributed by atoms with Crippen LogP contribution in [0.2, 0.25) is 0 Å². The molecule has 18 heavy (non-hydrogen) atoms. The molecular weight excluding hydrogens is 220 g/mol. The minimum absolute atomic E-state index is 0.161. The van der Waals surface area contributed by atoms with Gasteiger partial charge in [-0.1, -0.05) is 25.1 Å². The average molecular weight is 244 g/mol. The summed E-state index contributed by atoms with van der Waals surface area (Å²) < 4.78 is 2.37. The molecule has 0 aliphatic heterocycles. The molecule has 2 heteroatoms. The van der Waals surface area contributed by atoms with Crippen molar-refractivity contribution in [2.75, 3.05) is 0 Å². The fourth-order valence-corrected chi connectivity index (χ4v) is 2.25. The Morgan fingerprint density at radius 3 is 2.56 bits per heavy atom. The maximum Gasteiger partial charge on any atom is 0.0483 e. The first-order chi connectivity index (χ1) is 8.51. The van der Waals surface area contributed by atoms with E-state index >= 15 is 0 Å². The Labute approximate surface area is 110 Å². The van der Waals surface area contributed by atoms with Crippen molar-refractivity contribution in [3.63, 3.8) is 0 Å². The quantitative estimate of drug-likeness (QED) is 0.862. The van der Waals surface area contributed by atoms with Crippen LogP contribution in [0.15, 0.2) is 30.5 Å². The van der Waals surface area contributed by atoms with E-state index in [2.05, 4.69) is 68.0 Å². The largest absolute Gasteiger partial charge is 0.347 e. The zero-order valence-corrected chi connectivity index (χ0v) is 12.0. The molecule has 0 amide bonds. The topological polar surface area (TPSA) is 17.0 Å². The minimum atomic E-state index is 0.161. The van der Waals surface area contributed by atoms with Gasteiger partial charge in [0.2, 0.25) is 0 Å². The molecule has 0 atom stereocenters. The highest BCUT2D eigenvalue weighted by atomic mass is 15.0. The highest BCUT2D eigenvalue weighted by molar-refractivity contribution is 5.83. The van der Waals surface area contributed by atoms with Gasteiger partial charge in [-0.25, -0.2) is 0 Å². The average Bonchev–Trinajstić information content (AvgIpc) is 2.65. The lowest BCUT2D eigenvalue weighted by Gasteiger charge is -2.20. The van der Waals surface area contributed by atoms with Crippen LogP contribution in [-0.2, 0) is 13.1 Å². The third-order valence-electron chi connectivity index (χ3n) is 3.14. The van der Waals surface area contributed by atoms with Crippen molar-refractivity contribution in [2.45, 2.75) is 52.7 Å². The van der Waals surface area contributed by atoms with E-state index in [-0.39, 0.29) is 5.54 Å². The van der Waals surface area contributed by atoms with E-state index in [0.717, 1.165) is 13.1 Å². The van der Waals surface area contributed by atoms with E-state index in [0.29, 0.717) is 0 Å². The molecule has 2 rings (SSSR count). The molecule has 0 saturated heterocycles. The fourth-order valence-electron chi connectivity index (χ4n) is 2.25. The number of fused-ring (bicyclic) bond motifs is 1. The molecule has 0 spiro atoms. The second-order valence-corrected chi connectivity index (χ2v) is 5.97. The van der Waals surface area contributed by atoms with Gasteiger partial charge in [0.1, 0.15) is 0 Å². The van der Waals surface area contributed by atoms with Crippen LogP contribution >= 0.6 is 0 Å². The molecule has 0 aliphatic carbocycles. The van der Waals surface area contributed by atoms with Gasteiger partial charge in [0.25, 0.3) is 0 Å². The van der Waals surface area contributed by atoms with Crippen LogP contribution in [0.5, 0.6) is 0 Å². The number of hydrogen-bond donors (Lipinski definition) is 1. The summed E-state index contributed by atoms with van der Waals surface area (Å²) in [7, 11) is 0. The molecule has 0 aliphatic rings. The standard InChI is InChI=1S/C16H24N2/c1-5-10-18-12-13(11-17-16(2,3)4)14-8-6-7-9-15(14)18/h6-9,12,17H,5,10-11H2,1-4H3. The summed E-state index contributed by atoms with van der Waals surface area (Å²) in [6.07, 6.45) is 3.47. The maximum atomic E-state index is 3.57. The predicted octanol–water partition coefficient (Wildman–Crippen LogP) is 3.94. The van der Waals surface area contributed by atoms with Gasteiger partial charge < -0.3 is 9.88 Å². The molecule has 1 aromatic heterocycles. The van der Waals surface area contributed by atoms with E-state index in [1.807, 2.05) is 0 Å². The van der Waals surface area contributed by atoms with Crippen molar-refractivity contribution in [3.05, 3.63) is 36.0 Å². The molecule has 2 nitrogen and oxygen atoms in total. The van der Waals surface area contributed by atoms with Gasteiger partial charge in [0, 0.05) is 35.7 Å². The van der Waals surface area contributed by atoms with Crippen LogP contribution < -0.4 is 5.32 Å². The second kappa shape index (κ2) is 5.15. The summed E-state index contributed by atoms with van der Waals surface area (Å²) >= 11 is 0. The molecule has 2 aromatic rings. The Hall–Kier alpha value is -1.28. The highest BCUT2D eigenvalue weighted by Crippen LogP contribution is 2.22. The SMILES string of the molecule is CCCn1cc(CNC(C)(C)C)c2ccccc21. The zero-order valence-electron chi connectivity index (χ0n) is 12.0. The number of rotatable bonds is 4. The van der Waals surface area contributed by atoms with Crippen molar-refractivity contribution in [1.82, 2.24) is 9.88 Å². The molecule has 0 bridgehead atoms. The Balaban J connectivity index is 2.32. The van der Waals surface area contributed by atoms with Gasteiger partial charge in [0.05, 0.1) is 0 Å². The van der Waals surface area contributed by atoms with Gasteiger partial charge in [-0.05, 0) is 38.8 Å². The smallest absolute Gasteiger partial charge is 0.0483 e. The molecule has 0 saturated carbocycles. The first kappa shape index (κ1) is 13.2. The lowest BCUT2D eigenvalue weighted by Crippen LogP contribution is -2.34. The van der Waals surface area contributed by atoms with Crippen LogP contribution in [0.1, 0.15) is 39.7 Å². The normalized spacial score (nSPS) is 12.2. The molecule has 1 N–H and O–H groups in total. The third kappa shape index (κ3) is 2.94. The Morgan fingerprint density at radius 1 is 1.17 bits per heavy atom. The van der Waals surface area contributed by atoms with Gasteiger partial charge in [-0.2, -0.15) is 0 Å². The van der Waals surface area contributed by atoms with E-state index in [9.17, 15) is 0 Å². The lowest BCUT2D eigenvalue weighted by molar-refractivity contribution is 0.425. The van der Waals surface area contributed by atoms with Gasteiger partial charge >= 0.3 is 0 Å². The second-order valence-electron chi connectivity index (χ2n) is 5.97. The number of aryl methyl sites for hydroxylation is 1. The maximum absolute atomic E-state index is 3.57. The highest BCUT2D eigenvalue weighted by Gasteiger charge is 2.12. The molecule has 1 heterocycles. The van der Waals surface area contributed by atoms with Crippen LogP contribution in [0.3, 0.4) is 0 Å².